The first-order chi connectivity index (χ1) is 6.67. The predicted molar refractivity (Wildman–Crippen MR) is 60.1 cm³/mol. The Bertz CT molecular complexity index is 235. The van der Waals surface area contributed by atoms with Crippen molar-refractivity contribution in [2.75, 3.05) is 14.2 Å². The quantitative estimate of drug-likeness (QED) is 0.399. The van der Waals surface area contributed by atoms with Gasteiger partial charge in [-0.15, -0.1) is 0 Å². The molecular weight excluding hydrogens is 192 g/mol. The molecule has 3 unspecified atom stereocenters. The highest BCUT2D eigenvalue weighted by Crippen LogP contribution is 2.47. The van der Waals surface area contributed by atoms with E-state index in [0.29, 0.717) is 0 Å². The highest BCUT2D eigenvalue weighted by Gasteiger charge is 2.40. The van der Waals surface area contributed by atoms with Crippen molar-refractivity contribution in [3.63, 3.8) is 0 Å². The Morgan fingerprint density at radius 1 is 1.21 bits per heavy atom. The molecule has 0 spiro atoms. The van der Waals surface area contributed by atoms with Crippen LogP contribution in [0.25, 0.3) is 0 Å². The number of ether oxygens (including phenoxy) is 2. The van der Waals surface area contributed by atoms with Crippen molar-refractivity contribution in [3.05, 3.63) is 12.2 Å². The van der Waals surface area contributed by atoms with Crippen molar-refractivity contribution in [1.82, 2.24) is 0 Å². The Labute approximate surface area is 88.5 Å². The van der Waals surface area contributed by atoms with Crippen LogP contribution in [0.2, 0.25) is 5.54 Å². The lowest BCUT2D eigenvalue weighted by molar-refractivity contribution is -0.131. The fraction of sp³-hybridized carbons (Fsp3) is 0.818. The molecule has 0 amide bonds. The minimum Gasteiger partial charge on any atom is -0.358 e. The van der Waals surface area contributed by atoms with Crippen LogP contribution in [-0.2, 0) is 9.47 Å². The third-order valence-electron chi connectivity index (χ3n) is 3.91. The van der Waals surface area contributed by atoms with Crippen LogP contribution in [0.4, 0.5) is 0 Å². The average Bonchev–Trinajstić information content (AvgIpc) is 2.79. The third-order valence-corrected chi connectivity index (χ3v) is 6.70. The van der Waals surface area contributed by atoms with Gasteiger partial charge in [-0.25, -0.2) is 0 Å². The maximum atomic E-state index is 5.47. The highest BCUT2D eigenvalue weighted by atomic mass is 28.2. The lowest BCUT2D eigenvalue weighted by atomic mass is 10.1. The molecule has 2 nitrogen and oxygen atoms in total. The summed E-state index contributed by atoms with van der Waals surface area (Å²) in [4.78, 5) is 0. The lowest BCUT2D eigenvalue weighted by Gasteiger charge is -2.31. The number of hydrogen-bond donors (Lipinski definition) is 0. The molecule has 0 N–H and O–H groups in total. The molecule has 80 valence electrons. The summed E-state index contributed by atoms with van der Waals surface area (Å²) >= 11 is 0. The number of hydrogen-bond acceptors (Lipinski definition) is 2. The first-order valence-corrected chi connectivity index (χ1v) is 6.98. The monoisotopic (exact) mass is 212 g/mol. The van der Waals surface area contributed by atoms with E-state index < -0.39 is 0 Å². The Morgan fingerprint density at radius 2 is 1.93 bits per heavy atom. The molecule has 0 radical (unpaired) electrons. The van der Waals surface area contributed by atoms with Gasteiger partial charge in [-0.2, -0.15) is 0 Å². The molecule has 14 heavy (non-hydrogen) atoms. The second kappa shape index (κ2) is 3.80. The Balaban J connectivity index is 1.95. The molecule has 0 heterocycles. The first kappa shape index (κ1) is 10.4. The SMILES string of the molecule is COC(C)(OC)[SiH2]C1CC2C=CC1C2. The van der Waals surface area contributed by atoms with Gasteiger partial charge in [0.25, 0.3) is 0 Å². The van der Waals surface area contributed by atoms with E-state index in [9.17, 15) is 0 Å². The highest BCUT2D eigenvalue weighted by molar-refractivity contribution is 6.41. The first-order valence-electron chi connectivity index (χ1n) is 5.45. The summed E-state index contributed by atoms with van der Waals surface area (Å²) in [7, 11) is 3.21. The van der Waals surface area contributed by atoms with Gasteiger partial charge >= 0.3 is 0 Å². The van der Waals surface area contributed by atoms with Gasteiger partial charge in [0.1, 0.15) is 5.41 Å². The van der Waals surface area contributed by atoms with E-state index in [4.69, 9.17) is 9.47 Å². The number of allylic oxidation sites excluding steroid dienone is 2. The van der Waals surface area contributed by atoms with E-state index >= 15 is 0 Å². The summed E-state index contributed by atoms with van der Waals surface area (Å²) in [5.41, 5.74) is 0.651. The molecule has 0 aromatic heterocycles. The van der Waals surface area contributed by atoms with Gasteiger partial charge in [0.15, 0.2) is 0 Å². The summed E-state index contributed by atoms with van der Waals surface area (Å²) in [6.07, 6.45) is 7.58. The van der Waals surface area contributed by atoms with Gasteiger partial charge in [-0.05, 0) is 37.1 Å². The maximum absolute atomic E-state index is 5.47. The van der Waals surface area contributed by atoms with Gasteiger partial charge in [-0.3, -0.25) is 0 Å². The molecule has 2 rings (SSSR count). The summed E-state index contributed by atoms with van der Waals surface area (Å²) in [6.45, 7) is 2.09. The van der Waals surface area contributed by atoms with E-state index in [1.54, 1.807) is 14.2 Å². The molecule has 0 saturated heterocycles. The normalized spacial score (nSPS) is 36.4. The van der Waals surface area contributed by atoms with Crippen molar-refractivity contribution in [2.24, 2.45) is 11.8 Å². The van der Waals surface area contributed by atoms with Crippen molar-refractivity contribution in [1.29, 1.82) is 0 Å². The van der Waals surface area contributed by atoms with Crippen molar-refractivity contribution in [3.8, 4) is 0 Å². The Morgan fingerprint density at radius 3 is 2.36 bits per heavy atom. The smallest absolute Gasteiger partial charge is 0.141 e. The van der Waals surface area contributed by atoms with E-state index in [2.05, 4.69) is 19.1 Å². The predicted octanol–water partition coefficient (Wildman–Crippen LogP) is 1.51. The molecular formula is C11H20O2Si. The van der Waals surface area contributed by atoms with Crippen molar-refractivity contribution in [2.45, 2.75) is 30.7 Å². The second-order valence-electron chi connectivity index (χ2n) is 4.79. The Kier molecular flexibility index (Phi) is 2.82. The minimum absolute atomic E-state index is 0.247. The van der Waals surface area contributed by atoms with E-state index in [1.807, 2.05) is 0 Å². The Hall–Kier alpha value is -0.123. The van der Waals surface area contributed by atoms with Gasteiger partial charge in [-0.1, -0.05) is 12.2 Å². The van der Waals surface area contributed by atoms with Crippen LogP contribution in [0.15, 0.2) is 12.2 Å². The molecule has 1 fully saturated rings. The van der Waals surface area contributed by atoms with E-state index in [1.165, 1.54) is 12.8 Å². The van der Waals surface area contributed by atoms with Crippen LogP contribution in [-0.4, -0.2) is 29.1 Å². The minimum atomic E-state index is -0.318. The second-order valence-corrected chi connectivity index (χ2v) is 7.53. The van der Waals surface area contributed by atoms with E-state index in [0.717, 1.165) is 17.4 Å². The summed E-state index contributed by atoms with van der Waals surface area (Å²) in [5.74, 6) is 1.71. The summed E-state index contributed by atoms with van der Waals surface area (Å²) in [6, 6.07) is 0. The van der Waals surface area contributed by atoms with Crippen LogP contribution in [0, 0.1) is 11.8 Å². The molecule has 2 aliphatic carbocycles. The lowest BCUT2D eigenvalue weighted by Crippen LogP contribution is -2.40. The largest absolute Gasteiger partial charge is 0.358 e. The number of rotatable bonds is 4. The summed E-state index contributed by atoms with van der Waals surface area (Å²) in [5, 5.41) is 0. The molecule has 3 heteroatoms. The summed E-state index contributed by atoms with van der Waals surface area (Å²) < 4.78 is 10.9. The van der Waals surface area contributed by atoms with Gasteiger partial charge in [0, 0.05) is 14.2 Å². The number of methoxy groups -OCH3 is 2. The molecule has 2 bridgehead atoms. The van der Waals surface area contributed by atoms with Crippen LogP contribution >= 0.6 is 0 Å². The van der Waals surface area contributed by atoms with Crippen molar-refractivity contribution < 1.29 is 9.47 Å². The van der Waals surface area contributed by atoms with Crippen LogP contribution in [0.5, 0.6) is 0 Å². The van der Waals surface area contributed by atoms with Crippen LogP contribution in [0.1, 0.15) is 19.8 Å². The van der Waals surface area contributed by atoms with Gasteiger partial charge in [0.05, 0.1) is 9.52 Å². The standard InChI is InChI=1S/C11H20O2Si/c1-11(12-2,13-3)14-10-7-8-4-5-9(10)6-8/h4-5,8-10H,6-7,14H2,1-3H3. The average molecular weight is 212 g/mol. The maximum Gasteiger partial charge on any atom is 0.141 e. The topological polar surface area (TPSA) is 18.5 Å². The third kappa shape index (κ3) is 1.81. The molecule has 2 aliphatic rings. The van der Waals surface area contributed by atoms with Crippen molar-refractivity contribution >= 4 is 9.52 Å². The molecule has 0 aliphatic heterocycles. The fourth-order valence-electron chi connectivity index (χ4n) is 2.86. The molecule has 1 saturated carbocycles. The zero-order valence-electron chi connectivity index (χ0n) is 9.32. The molecule has 0 aromatic rings. The van der Waals surface area contributed by atoms with Crippen LogP contribution < -0.4 is 0 Å². The zero-order chi connectivity index (χ0) is 10.2. The van der Waals surface area contributed by atoms with E-state index in [-0.39, 0.29) is 14.9 Å². The van der Waals surface area contributed by atoms with Gasteiger partial charge < -0.3 is 9.47 Å². The molecule has 0 aromatic carbocycles. The van der Waals surface area contributed by atoms with Crippen LogP contribution in [0.3, 0.4) is 0 Å². The van der Waals surface area contributed by atoms with Gasteiger partial charge in [0.2, 0.25) is 0 Å². The fourth-order valence-corrected chi connectivity index (χ4v) is 5.39. The zero-order valence-corrected chi connectivity index (χ0v) is 10.7. The number of fused-ring (bicyclic) bond motifs is 2. The molecule has 3 atom stereocenters.